The lowest BCUT2D eigenvalue weighted by atomic mass is 9.99. The number of carbonyl (C=O) groups excluding carboxylic acids is 4. The van der Waals surface area contributed by atoms with Crippen LogP contribution in [0.4, 0.5) is 0 Å². The minimum atomic E-state index is -4.97. The van der Waals surface area contributed by atoms with E-state index < -0.39 is 97.5 Å². The van der Waals surface area contributed by atoms with Crippen LogP contribution in [0, 0.1) is 17.8 Å². The third kappa shape index (κ3) is 78.5. The fourth-order valence-electron chi connectivity index (χ4n) is 13.3. The van der Waals surface area contributed by atoms with E-state index in [0.717, 1.165) is 108 Å². The van der Waals surface area contributed by atoms with E-state index in [1.54, 1.807) is 0 Å². The number of hydrogen-bond donors (Lipinski definition) is 3. The molecule has 0 aromatic rings. The molecular formula is C86H168O17P2. The van der Waals surface area contributed by atoms with Gasteiger partial charge in [-0.15, -0.1) is 0 Å². The molecule has 19 heteroatoms. The molecule has 6 atom stereocenters. The van der Waals surface area contributed by atoms with Crippen molar-refractivity contribution in [1.82, 2.24) is 0 Å². The van der Waals surface area contributed by atoms with Gasteiger partial charge in [-0.25, -0.2) is 9.13 Å². The summed E-state index contributed by atoms with van der Waals surface area (Å²) in [5.74, 6) is 0.320. The van der Waals surface area contributed by atoms with Gasteiger partial charge in [-0.1, -0.05) is 402 Å². The highest BCUT2D eigenvalue weighted by molar-refractivity contribution is 7.47. The maximum atomic E-state index is 13.2. The molecule has 0 rings (SSSR count). The van der Waals surface area contributed by atoms with Crippen molar-refractivity contribution in [3.63, 3.8) is 0 Å². The van der Waals surface area contributed by atoms with Crippen molar-refractivity contribution >= 4 is 39.5 Å². The first-order valence-corrected chi connectivity index (χ1v) is 47.4. The van der Waals surface area contributed by atoms with Gasteiger partial charge in [0.25, 0.3) is 0 Å². The van der Waals surface area contributed by atoms with Gasteiger partial charge in [0.1, 0.15) is 19.3 Å². The molecule has 3 unspecified atom stereocenters. The van der Waals surface area contributed by atoms with Crippen molar-refractivity contribution in [3.8, 4) is 0 Å². The van der Waals surface area contributed by atoms with Crippen molar-refractivity contribution in [3.05, 3.63) is 0 Å². The lowest BCUT2D eigenvalue weighted by Gasteiger charge is -2.21. The minimum Gasteiger partial charge on any atom is -0.462 e. The van der Waals surface area contributed by atoms with Crippen LogP contribution in [0.25, 0.3) is 0 Å². The molecule has 17 nitrogen and oxygen atoms in total. The lowest BCUT2D eigenvalue weighted by molar-refractivity contribution is -0.161. The van der Waals surface area contributed by atoms with Crippen molar-refractivity contribution in [2.24, 2.45) is 17.8 Å². The molecule has 0 heterocycles. The van der Waals surface area contributed by atoms with E-state index in [-0.39, 0.29) is 25.7 Å². The summed E-state index contributed by atoms with van der Waals surface area (Å²) in [4.78, 5) is 73.3. The van der Waals surface area contributed by atoms with Gasteiger partial charge < -0.3 is 33.8 Å². The Labute approximate surface area is 645 Å². The number of aliphatic hydroxyl groups is 1. The molecule has 0 aromatic carbocycles. The maximum absolute atomic E-state index is 13.2. The molecule has 0 aliphatic rings. The van der Waals surface area contributed by atoms with E-state index in [1.807, 2.05) is 0 Å². The van der Waals surface area contributed by atoms with E-state index >= 15 is 0 Å². The highest BCUT2D eigenvalue weighted by Crippen LogP contribution is 2.45. The Morgan fingerprint density at radius 3 is 0.724 bits per heavy atom. The Bertz CT molecular complexity index is 2030. The predicted octanol–water partition coefficient (Wildman–Crippen LogP) is 26.1. The van der Waals surface area contributed by atoms with E-state index in [2.05, 4.69) is 48.5 Å². The first kappa shape index (κ1) is 103. The van der Waals surface area contributed by atoms with Crippen LogP contribution >= 0.6 is 15.6 Å². The number of aliphatic hydroxyl groups excluding tert-OH is 1. The molecule has 0 radical (unpaired) electrons. The van der Waals surface area contributed by atoms with Gasteiger partial charge in [0.15, 0.2) is 12.2 Å². The Morgan fingerprint density at radius 2 is 0.486 bits per heavy atom. The van der Waals surface area contributed by atoms with Crippen molar-refractivity contribution in [2.45, 2.75) is 471 Å². The highest BCUT2D eigenvalue weighted by atomic mass is 31.2. The molecular weight excluding hydrogens is 1370 g/mol. The van der Waals surface area contributed by atoms with Crippen LogP contribution in [0.15, 0.2) is 0 Å². The molecule has 3 N–H and O–H groups in total. The Kier molecular flexibility index (Phi) is 74.7. The summed E-state index contributed by atoms with van der Waals surface area (Å²) in [5, 5.41) is 10.7. The Morgan fingerprint density at radius 1 is 0.276 bits per heavy atom. The van der Waals surface area contributed by atoms with Gasteiger partial charge in [0, 0.05) is 25.7 Å². The second kappa shape index (κ2) is 76.1. The van der Waals surface area contributed by atoms with Crippen molar-refractivity contribution in [1.29, 1.82) is 0 Å². The van der Waals surface area contributed by atoms with Gasteiger partial charge in [0.2, 0.25) is 0 Å². The predicted molar refractivity (Wildman–Crippen MR) is 432 cm³/mol. The number of unbranched alkanes of at least 4 members (excludes halogenated alkanes) is 51. The van der Waals surface area contributed by atoms with Gasteiger partial charge in [-0.3, -0.25) is 37.3 Å². The SMILES string of the molecule is CCCCCCCCCCCCCCCC(=O)OC[C@H](COP(=O)(O)OC[C@H](O)COP(=O)(O)OC[C@@H](COC(=O)CCCCCCCCCCCCCCCCC(C)C)OC(=O)CCCCCCCCCCCCCCCCCCCCC(C)C)OC(=O)CCCCCCCCCCCCC(C)CC. The van der Waals surface area contributed by atoms with Crippen LogP contribution in [-0.2, 0) is 65.4 Å². The molecule has 105 heavy (non-hydrogen) atoms. The fraction of sp³-hybridized carbons (Fsp3) is 0.953. The fourth-order valence-corrected chi connectivity index (χ4v) is 14.9. The molecule has 0 aromatic heterocycles. The third-order valence-corrected chi connectivity index (χ3v) is 22.4. The molecule has 0 aliphatic carbocycles. The zero-order valence-corrected chi connectivity index (χ0v) is 71.0. The number of rotatable bonds is 84. The monoisotopic (exact) mass is 1540 g/mol. The molecule has 0 saturated heterocycles. The summed E-state index contributed by atoms with van der Waals surface area (Å²) in [5.41, 5.74) is 0. The Balaban J connectivity index is 5.26. The number of phosphoric ester groups is 2. The van der Waals surface area contributed by atoms with E-state index in [1.165, 1.54) is 263 Å². The highest BCUT2D eigenvalue weighted by Gasteiger charge is 2.30. The molecule has 0 saturated carbocycles. The number of phosphoric acid groups is 2. The van der Waals surface area contributed by atoms with Crippen LogP contribution < -0.4 is 0 Å². The number of carbonyl (C=O) groups is 4. The van der Waals surface area contributed by atoms with Crippen molar-refractivity contribution < 1.29 is 80.2 Å². The minimum absolute atomic E-state index is 0.107. The quantitative estimate of drug-likeness (QED) is 0.0222. The number of esters is 4. The molecule has 0 bridgehead atoms. The van der Waals surface area contributed by atoms with Crippen LogP contribution in [0.3, 0.4) is 0 Å². The summed E-state index contributed by atoms with van der Waals surface area (Å²) in [6, 6.07) is 0. The van der Waals surface area contributed by atoms with Gasteiger partial charge in [0.05, 0.1) is 26.4 Å². The van der Waals surface area contributed by atoms with Crippen LogP contribution in [0.5, 0.6) is 0 Å². The molecule has 0 aliphatic heterocycles. The largest absolute Gasteiger partial charge is 0.472 e. The lowest BCUT2D eigenvalue weighted by Crippen LogP contribution is -2.30. The number of ether oxygens (including phenoxy) is 4. The molecule has 0 spiro atoms. The van der Waals surface area contributed by atoms with E-state index in [0.29, 0.717) is 25.7 Å². The second-order valence-electron chi connectivity index (χ2n) is 32.1. The second-order valence-corrected chi connectivity index (χ2v) is 35.0. The third-order valence-electron chi connectivity index (χ3n) is 20.5. The summed E-state index contributed by atoms with van der Waals surface area (Å²) >= 11 is 0. The first-order valence-electron chi connectivity index (χ1n) is 44.4. The van der Waals surface area contributed by atoms with Crippen LogP contribution in [-0.4, -0.2) is 96.7 Å². The topological polar surface area (TPSA) is 237 Å². The van der Waals surface area contributed by atoms with Gasteiger partial charge >= 0.3 is 39.5 Å². The summed E-state index contributed by atoms with van der Waals surface area (Å²) < 4.78 is 68.9. The van der Waals surface area contributed by atoms with E-state index in [9.17, 15) is 43.2 Å². The summed E-state index contributed by atoms with van der Waals surface area (Å²) in [7, 11) is -9.93. The average molecular weight is 1540 g/mol. The normalized spacial score (nSPS) is 14.1. The van der Waals surface area contributed by atoms with Gasteiger partial charge in [-0.2, -0.15) is 0 Å². The smallest absolute Gasteiger partial charge is 0.462 e. The molecule has 0 amide bonds. The van der Waals surface area contributed by atoms with Crippen LogP contribution in [0.1, 0.15) is 453 Å². The average Bonchev–Trinajstić information content (AvgIpc) is 0.917. The van der Waals surface area contributed by atoms with Crippen LogP contribution in [0.2, 0.25) is 0 Å². The molecule has 624 valence electrons. The summed E-state index contributed by atoms with van der Waals surface area (Å²) in [6.45, 7) is 12.1. The molecule has 0 fully saturated rings. The van der Waals surface area contributed by atoms with E-state index in [4.69, 9.17) is 37.0 Å². The van der Waals surface area contributed by atoms with Gasteiger partial charge in [-0.05, 0) is 43.4 Å². The van der Waals surface area contributed by atoms with Crippen molar-refractivity contribution in [2.75, 3.05) is 39.6 Å². The number of hydrogen-bond acceptors (Lipinski definition) is 15. The standard InChI is InChI=1S/C86H168O17P2/c1-8-10-11-12-13-14-15-24-31-39-46-53-60-67-83(88)96-74-82(103-86(91)70-63-56-49-42-35-34-38-45-52-59-66-79(7)9-2)76-101-105(94,95)99-72-80(87)71-98-104(92,93)100-75-81(73-97-84(89)68-61-54-47-40-32-27-23-22-26-30-37-44-51-58-65-78(5)6)102-85(90)69-62-55-48-41-33-28-21-19-17-16-18-20-25-29-36-43-50-57-64-77(3)4/h77-82,87H,8-76H2,1-7H3,(H,92,93)(H,94,95)/t79?,80-,81-,82-/m1/s1. The summed E-state index contributed by atoms with van der Waals surface area (Å²) in [6.07, 6.45) is 66.5. The first-order chi connectivity index (χ1) is 50.8. The zero-order chi connectivity index (χ0) is 77.2. The maximum Gasteiger partial charge on any atom is 0.472 e. The zero-order valence-electron chi connectivity index (χ0n) is 69.2. The Hall–Kier alpha value is -1.94.